The first-order valence-corrected chi connectivity index (χ1v) is 13.6. The average molecular weight is 577 g/mol. The minimum atomic E-state index is -1.56. The van der Waals surface area contributed by atoms with Crippen molar-refractivity contribution in [2.75, 3.05) is 7.05 Å². The largest absolute Gasteiger partial charge is 0.454 e. The van der Waals surface area contributed by atoms with Gasteiger partial charge in [-0.1, -0.05) is 17.7 Å². The lowest BCUT2D eigenvalue weighted by molar-refractivity contribution is -0.114. The van der Waals surface area contributed by atoms with E-state index in [1.807, 2.05) is 19.1 Å². The third kappa shape index (κ3) is 5.36. The van der Waals surface area contributed by atoms with Gasteiger partial charge in [-0.2, -0.15) is 0 Å². The van der Waals surface area contributed by atoms with E-state index in [9.17, 15) is 22.6 Å². The molecule has 0 saturated heterocycles. The summed E-state index contributed by atoms with van der Waals surface area (Å²) >= 11 is 0. The van der Waals surface area contributed by atoms with Crippen LogP contribution in [0.15, 0.2) is 82.8 Å². The number of carbonyl (C=O) groups is 1. The van der Waals surface area contributed by atoms with Gasteiger partial charge in [-0.05, 0) is 50.2 Å². The number of aryl methyl sites for hydroxylation is 2. The van der Waals surface area contributed by atoms with E-state index < -0.39 is 22.6 Å². The van der Waals surface area contributed by atoms with Crippen molar-refractivity contribution in [2.45, 2.75) is 18.7 Å². The highest BCUT2D eigenvalue weighted by Gasteiger charge is 2.22. The van der Waals surface area contributed by atoms with Crippen molar-refractivity contribution in [3.63, 3.8) is 0 Å². The van der Waals surface area contributed by atoms with E-state index in [2.05, 4.69) is 4.98 Å². The number of carbonyl (C=O) groups excluding carboxylic acids is 1. The molecule has 0 bridgehead atoms. The van der Waals surface area contributed by atoms with Crippen LogP contribution in [0.3, 0.4) is 0 Å². The Bertz CT molecular complexity index is 1900. The molecule has 3 aromatic carbocycles. The lowest BCUT2D eigenvalue weighted by atomic mass is 9.97. The Morgan fingerprint density at radius 2 is 1.73 bits per heavy atom. The Kier molecular flexibility index (Phi) is 7.46. The van der Waals surface area contributed by atoms with Gasteiger partial charge in [-0.25, -0.2) is 17.8 Å². The number of hydrogen-bond donors (Lipinski definition) is 1. The van der Waals surface area contributed by atoms with Crippen molar-refractivity contribution in [3.8, 4) is 11.5 Å². The number of H-pyrrole nitrogens is 1. The number of aromatic nitrogens is 3. The SMILES string of the molecule is Cc1ccc(S(=O)n2ccc(/C(=C\N(C)C=O)c3cc4[nH]c(=O)n(C)c4cc3Oc3ccc(F)cc3F)c2C)cc1. The normalized spacial score (nSPS) is 12.5. The molecule has 0 spiro atoms. The van der Waals surface area contributed by atoms with E-state index in [1.165, 1.54) is 15.5 Å². The molecule has 1 unspecified atom stereocenters. The molecule has 0 aliphatic heterocycles. The summed E-state index contributed by atoms with van der Waals surface area (Å²) in [4.78, 5) is 28.8. The van der Waals surface area contributed by atoms with Crippen molar-refractivity contribution in [1.82, 2.24) is 18.4 Å². The summed E-state index contributed by atoms with van der Waals surface area (Å²) < 4.78 is 50.7. The summed E-state index contributed by atoms with van der Waals surface area (Å²) in [5.74, 6) is -1.75. The van der Waals surface area contributed by atoms with E-state index in [0.717, 1.165) is 11.6 Å². The summed E-state index contributed by atoms with van der Waals surface area (Å²) in [5, 5.41) is 0. The number of halogens is 2. The van der Waals surface area contributed by atoms with Crippen LogP contribution in [0.4, 0.5) is 8.78 Å². The Morgan fingerprint density at radius 1 is 1.00 bits per heavy atom. The molecule has 41 heavy (non-hydrogen) atoms. The van der Waals surface area contributed by atoms with Crippen LogP contribution in [-0.2, 0) is 22.8 Å². The Morgan fingerprint density at radius 3 is 2.41 bits per heavy atom. The van der Waals surface area contributed by atoms with Gasteiger partial charge in [0.2, 0.25) is 6.41 Å². The first-order valence-electron chi connectivity index (χ1n) is 12.5. The number of hydrogen-bond acceptors (Lipinski definition) is 4. The predicted octanol–water partition coefficient (Wildman–Crippen LogP) is 5.40. The van der Waals surface area contributed by atoms with Gasteiger partial charge in [0.05, 0.1) is 15.9 Å². The number of benzene rings is 3. The molecule has 0 saturated carbocycles. The Balaban J connectivity index is 1.71. The van der Waals surface area contributed by atoms with Gasteiger partial charge >= 0.3 is 5.69 Å². The molecule has 1 atom stereocenters. The van der Waals surface area contributed by atoms with Gasteiger partial charge < -0.3 is 14.6 Å². The molecule has 0 aliphatic rings. The molecule has 2 heterocycles. The highest BCUT2D eigenvalue weighted by Crippen LogP contribution is 2.39. The lowest BCUT2D eigenvalue weighted by Gasteiger charge is -2.18. The smallest absolute Gasteiger partial charge is 0.326 e. The molecule has 0 aliphatic carbocycles. The van der Waals surface area contributed by atoms with Crippen LogP contribution in [0.1, 0.15) is 22.4 Å². The van der Waals surface area contributed by atoms with Crippen molar-refractivity contribution >= 4 is 34.0 Å². The number of nitrogens with one attached hydrogen (secondary N) is 1. The molecule has 210 valence electrons. The van der Waals surface area contributed by atoms with Gasteiger partial charge in [-0.3, -0.25) is 13.3 Å². The third-order valence-electron chi connectivity index (χ3n) is 6.70. The van der Waals surface area contributed by atoms with Gasteiger partial charge in [0.1, 0.15) is 11.6 Å². The van der Waals surface area contributed by atoms with Crippen LogP contribution < -0.4 is 10.4 Å². The lowest BCUT2D eigenvalue weighted by Crippen LogP contribution is -2.11. The molecule has 0 radical (unpaired) electrons. The minimum Gasteiger partial charge on any atom is -0.454 e. The fraction of sp³-hybridized carbons (Fsp3) is 0.133. The molecule has 1 amide bonds. The number of imidazole rings is 1. The number of amides is 1. The molecule has 5 rings (SSSR count). The van der Waals surface area contributed by atoms with E-state index in [-0.39, 0.29) is 17.2 Å². The zero-order valence-corrected chi connectivity index (χ0v) is 23.5. The summed E-state index contributed by atoms with van der Waals surface area (Å²) in [7, 11) is 1.56. The number of fused-ring (bicyclic) bond motifs is 1. The average Bonchev–Trinajstić information content (AvgIpc) is 3.46. The standard InChI is InChI=1S/C30H26F2N4O4S/c1-18-5-8-21(9-6-18)41(39)36-12-11-22(19(36)2)24(16-34(3)17-37)23-14-26-27(35(4)30(38)33-26)15-29(23)40-28-10-7-20(31)13-25(28)32/h5-17H,1-4H3,(H,33,38)/b24-16+. The monoisotopic (exact) mass is 576 g/mol. The number of nitrogens with zero attached hydrogens (tertiary/aromatic N) is 3. The predicted molar refractivity (Wildman–Crippen MR) is 153 cm³/mol. The van der Waals surface area contributed by atoms with Gasteiger partial charge in [0, 0.05) is 61.0 Å². The van der Waals surface area contributed by atoms with Crippen molar-refractivity contribution in [3.05, 3.63) is 118 Å². The van der Waals surface area contributed by atoms with Crippen molar-refractivity contribution in [2.24, 2.45) is 7.05 Å². The van der Waals surface area contributed by atoms with Gasteiger partial charge in [0.15, 0.2) is 22.6 Å². The first kappa shape index (κ1) is 27.8. The van der Waals surface area contributed by atoms with Gasteiger partial charge in [-0.15, -0.1) is 0 Å². The van der Waals surface area contributed by atoms with Crippen LogP contribution in [0.2, 0.25) is 0 Å². The summed E-state index contributed by atoms with van der Waals surface area (Å²) in [5.41, 5.74) is 3.73. The minimum absolute atomic E-state index is 0.148. The molecule has 5 aromatic rings. The third-order valence-corrected chi connectivity index (χ3v) is 8.13. The fourth-order valence-electron chi connectivity index (χ4n) is 4.47. The topological polar surface area (TPSA) is 89.3 Å². The van der Waals surface area contributed by atoms with Crippen molar-refractivity contribution in [1.29, 1.82) is 0 Å². The second-order valence-electron chi connectivity index (χ2n) is 9.55. The van der Waals surface area contributed by atoms with E-state index in [1.54, 1.807) is 67.7 Å². The van der Waals surface area contributed by atoms with E-state index >= 15 is 0 Å². The number of ether oxygens (including phenoxy) is 1. The quantitative estimate of drug-likeness (QED) is 0.251. The number of aromatic amines is 1. The molecule has 2 aromatic heterocycles. The highest BCUT2D eigenvalue weighted by molar-refractivity contribution is 7.83. The zero-order chi connectivity index (χ0) is 29.4. The molecule has 1 N–H and O–H groups in total. The maximum Gasteiger partial charge on any atom is 0.326 e. The van der Waals surface area contributed by atoms with Gasteiger partial charge in [0.25, 0.3) is 0 Å². The summed E-state index contributed by atoms with van der Waals surface area (Å²) in [6, 6.07) is 15.3. The molecular weight excluding hydrogens is 550 g/mol. The van der Waals surface area contributed by atoms with Crippen LogP contribution >= 0.6 is 0 Å². The summed E-state index contributed by atoms with van der Waals surface area (Å²) in [6.07, 6.45) is 3.85. The highest BCUT2D eigenvalue weighted by atomic mass is 32.2. The second-order valence-corrected chi connectivity index (χ2v) is 10.9. The van der Waals surface area contributed by atoms with Crippen molar-refractivity contribution < 1.29 is 22.5 Å². The second kappa shape index (κ2) is 11.0. The van der Waals surface area contributed by atoms with Crippen LogP contribution in [0, 0.1) is 25.5 Å². The molecule has 0 fully saturated rings. The molecular formula is C30H26F2N4O4S. The van der Waals surface area contributed by atoms with Crippen LogP contribution in [-0.4, -0.2) is 36.1 Å². The summed E-state index contributed by atoms with van der Waals surface area (Å²) in [6.45, 7) is 3.74. The van der Waals surface area contributed by atoms with Crippen LogP contribution in [0.25, 0.3) is 16.6 Å². The zero-order valence-electron chi connectivity index (χ0n) is 22.6. The number of rotatable bonds is 8. The maximum atomic E-state index is 14.7. The van der Waals surface area contributed by atoms with Crippen LogP contribution in [0.5, 0.6) is 11.5 Å². The first-order chi connectivity index (χ1) is 19.6. The maximum absolute atomic E-state index is 14.7. The Hall–Kier alpha value is -4.77. The van der Waals surface area contributed by atoms with E-state index in [4.69, 9.17) is 4.74 Å². The van der Waals surface area contributed by atoms with E-state index in [0.29, 0.717) is 50.8 Å². The molecule has 8 nitrogen and oxygen atoms in total. The Labute approximate surface area is 236 Å². The molecule has 11 heteroatoms. The fourth-order valence-corrected chi connectivity index (χ4v) is 5.59.